The average molecular weight is 470 g/mol. The number of fused-ring (bicyclic) bond motifs is 1. The summed E-state index contributed by atoms with van der Waals surface area (Å²) < 4.78 is 0. The molecule has 1 aliphatic carbocycles. The number of hydrogen-bond donors (Lipinski definition) is 0. The van der Waals surface area contributed by atoms with E-state index in [1.54, 1.807) is 27.8 Å². The zero-order chi connectivity index (χ0) is 24.9. The molecule has 0 radical (unpaired) electrons. The van der Waals surface area contributed by atoms with Gasteiger partial charge >= 0.3 is 0 Å². The Hall–Kier alpha value is -2.12. The molecule has 1 heteroatoms. The highest BCUT2D eigenvalue weighted by Gasteiger charge is 2.31. The van der Waals surface area contributed by atoms with Gasteiger partial charge in [0.2, 0.25) is 0 Å². The van der Waals surface area contributed by atoms with Crippen molar-refractivity contribution in [3.05, 3.63) is 80.4 Å². The lowest BCUT2D eigenvalue weighted by atomic mass is 9.79. The van der Waals surface area contributed by atoms with E-state index in [1.165, 1.54) is 80.2 Å². The Balaban J connectivity index is 1.78. The van der Waals surface area contributed by atoms with Gasteiger partial charge in [0.25, 0.3) is 0 Å². The van der Waals surface area contributed by atoms with Crippen LogP contribution in [0.25, 0.3) is 12.2 Å². The molecular weight excluding hydrogens is 422 g/mol. The molecule has 1 aliphatic heterocycles. The average Bonchev–Trinajstić information content (AvgIpc) is 2.86. The first-order chi connectivity index (χ1) is 17.0. The molecule has 4 rings (SSSR count). The minimum atomic E-state index is 0.528. The summed E-state index contributed by atoms with van der Waals surface area (Å²) >= 11 is 0. The van der Waals surface area contributed by atoms with Crippen molar-refractivity contribution in [2.45, 2.75) is 105 Å². The normalized spacial score (nSPS) is 21.2. The Morgan fingerprint density at radius 2 is 1.74 bits per heavy atom. The number of likely N-dealkylation sites (tertiary alicyclic amines) is 1. The Morgan fingerprint density at radius 1 is 1.00 bits per heavy atom. The van der Waals surface area contributed by atoms with Crippen molar-refractivity contribution in [3.8, 4) is 0 Å². The second-order valence-corrected chi connectivity index (χ2v) is 11.1. The van der Waals surface area contributed by atoms with E-state index in [9.17, 15) is 0 Å². The second kappa shape index (κ2) is 11.7. The molecule has 1 nitrogen and oxygen atoms in total. The molecule has 0 aromatic heterocycles. The van der Waals surface area contributed by atoms with Crippen molar-refractivity contribution in [3.63, 3.8) is 0 Å². The minimum Gasteiger partial charge on any atom is -0.292 e. The first-order valence-electron chi connectivity index (χ1n) is 14.2. The molecule has 0 saturated carbocycles. The first kappa shape index (κ1) is 26.0. The molecule has 0 N–H and O–H groups in total. The van der Waals surface area contributed by atoms with Gasteiger partial charge in [-0.25, -0.2) is 0 Å². The van der Waals surface area contributed by atoms with E-state index in [-0.39, 0.29) is 0 Å². The molecule has 2 aliphatic rings. The monoisotopic (exact) mass is 469 g/mol. The molecule has 2 atom stereocenters. The molecular formula is C34H47N. The van der Waals surface area contributed by atoms with E-state index in [2.05, 4.69) is 88.9 Å². The lowest BCUT2D eigenvalue weighted by molar-refractivity contribution is 0.109. The van der Waals surface area contributed by atoms with Crippen LogP contribution in [0.1, 0.15) is 116 Å². The third kappa shape index (κ3) is 5.51. The van der Waals surface area contributed by atoms with Crippen molar-refractivity contribution in [1.29, 1.82) is 0 Å². The highest BCUT2D eigenvalue weighted by atomic mass is 15.2. The Kier molecular flexibility index (Phi) is 8.71. The Labute approximate surface area is 215 Å². The highest BCUT2D eigenvalue weighted by molar-refractivity contribution is 5.62. The summed E-state index contributed by atoms with van der Waals surface area (Å²) in [7, 11) is 0. The summed E-state index contributed by atoms with van der Waals surface area (Å²) in [5.74, 6) is 0.788. The summed E-state index contributed by atoms with van der Waals surface area (Å²) in [5.41, 5.74) is 13.9. The zero-order valence-electron chi connectivity index (χ0n) is 23.2. The van der Waals surface area contributed by atoms with Crippen LogP contribution in [-0.4, -0.2) is 11.4 Å². The Bertz CT molecular complexity index is 1090. The fourth-order valence-corrected chi connectivity index (χ4v) is 6.62. The van der Waals surface area contributed by atoms with Crippen molar-refractivity contribution < 1.29 is 0 Å². The summed E-state index contributed by atoms with van der Waals surface area (Å²) in [6.07, 6.45) is 19.3. The van der Waals surface area contributed by atoms with Crippen molar-refractivity contribution in [1.82, 2.24) is 4.90 Å². The number of aryl methyl sites for hydroxylation is 2. The van der Waals surface area contributed by atoms with Crippen LogP contribution in [0, 0.1) is 19.8 Å². The predicted molar refractivity (Wildman–Crippen MR) is 154 cm³/mol. The predicted octanol–water partition coefficient (Wildman–Crippen LogP) is 9.17. The molecule has 1 fully saturated rings. The van der Waals surface area contributed by atoms with Crippen LogP contribution in [0.5, 0.6) is 0 Å². The number of benzene rings is 2. The first-order valence-corrected chi connectivity index (χ1v) is 14.2. The Morgan fingerprint density at radius 3 is 2.46 bits per heavy atom. The van der Waals surface area contributed by atoms with E-state index in [0.29, 0.717) is 6.04 Å². The SMILES string of the molecule is C/C=C\c1c(C)c(C)cc(CCC)c1CN1CCC(C)CC1c1ccc(/C=C/C)c2c1CCCC2. The number of rotatable bonds is 7. The van der Waals surface area contributed by atoms with Crippen molar-refractivity contribution >= 4 is 12.2 Å². The minimum absolute atomic E-state index is 0.528. The van der Waals surface area contributed by atoms with Crippen LogP contribution in [0.3, 0.4) is 0 Å². The smallest absolute Gasteiger partial charge is 0.0357 e. The highest BCUT2D eigenvalue weighted by Crippen LogP contribution is 2.41. The van der Waals surface area contributed by atoms with Crippen molar-refractivity contribution in [2.24, 2.45) is 5.92 Å². The van der Waals surface area contributed by atoms with Gasteiger partial charge in [-0.1, -0.05) is 62.8 Å². The second-order valence-electron chi connectivity index (χ2n) is 11.1. The third-order valence-electron chi connectivity index (χ3n) is 8.60. The molecule has 188 valence electrons. The zero-order valence-corrected chi connectivity index (χ0v) is 23.2. The molecule has 0 amide bonds. The summed E-state index contributed by atoms with van der Waals surface area (Å²) in [6, 6.07) is 7.92. The van der Waals surface area contributed by atoms with Gasteiger partial charge in [-0.05, 0) is 135 Å². The van der Waals surface area contributed by atoms with Crippen LogP contribution < -0.4 is 0 Å². The van der Waals surface area contributed by atoms with E-state index >= 15 is 0 Å². The maximum absolute atomic E-state index is 2.84. The van der Waals surface area contributed by atoms with Crippen LogP contribution >= 0.6 is 0 Å². The fourth-order valence-electron chi connectivity index (χ4n) is 6.62. The maximum Gasteiger partial charge on any atom is 0.0357 e. The van der Waals surface area contributed by atoms with Crippen molar-refractivity contribution in [2.75, 3.05) is 6.54 Å². The topological polar surface area (TPSA) is 3.24 Å². The molecule has 2 aromatic rings. The largest absolute Gasteiger partial charge is 0.292 e. The van der Waals surface area contributed by atoms with Gasteiger partial charge in [0.15, 0.2) is 0 Å². The van der Waals surface area contributed by atoms with E-state index in [1.807, 2.05) is 0 Å². The molecule has 2 unspecified atom stereocenters. The van der Waals surface area contributed by atoms with Gasteiger partial charge in [-0.15, -0.1) is 0 Å². The molecule has 2 aromatic carbocycles. The summed E-state index contributed by atoms with van der Waals surface area (Å²) in [5, 5.41) is 0. The van der Waals surface area contributed by atoms with Gasteiger partial charge in [0.1, 0.15) is 0 Å². The molecule has 35 heavy (non-hydrogen) atoms. The van der Waals surface area contributed by atoms with E-state index in [0.717, 1.165) is 12.5 Å². The van der Waals surface area contributed by atoms with Gasteiger partial charge in [-0.3, -0.25) is 4.90 Å². The number of allylic oxidation sites excluding steroid dienone is 2. The molecule has 0 spiro atoms. The lowest BCUT2D eigenvalue weighted by Crippen LogP contribution is -2.37. The van der Waals surface area contributed by atoms with Crippen LogP contribution in [0.15, 0.2) is 30.4 Å². The molecule has 1 heterocycles. The maximum atomic E-state index is 2.84. The number of nitrogens with zero attached hydrogens (tertiary/aromatic N) is 1. The van der Waals surface area contributed by atoms with E-state index in [4.69, 9.17) is 0 Å². The van der Waals surface area contributed by atoms with Gasteiger partial charge < -0.3 is 0 Å². The van der Waals surface area contributed by atoms with Gasteiger partial charge in [0.05, 0.1) is 0 Å². The van der Waals surface area contributed by atoms with Gasteiger partial charge in [-0.2, -0.15) is 0 Å². The van der Waals surface area contributed by atoms with Crippen LogP contribution in [-0.2, 0) is 25.8 Å². The third-order valence-corrected chi connectivity index (χ3v) is 8.60. The quantitative estimate of drug-likeness (QED) is 0.390. The lowest BCUT2D eigenvalue weighted by Gasteiger charge is -2.41. The van der Waals surface area contributed by atoms with E-state index < -0.39 is 0 Å². The van der Waals surface area contributed by atoms with Gasteiger partial charge in [0, 0.05) is 12.6 Å². The molecule has 0 bridgehead atoms. The summed E-state index contributed by atoms with van der Waals surface area (Å²) in [4.78, 5) is 2.84. The summed E-state index contributed by atoms with van der Waals surface area (Å²) in [6.45, 7) is 16.0. The molecule has 1 saturated heterocycles. The number of hydrogen-bond acceptors (Lipinski definition) is 1. The number of piperidine rings is 1. The standard InChI is InChI=1S/C34H47N/c1-7-12-27-17-18-32(31-16-11-10-15-30(27)31)34-21-24(4)19-20-35(34)23-33-28(13-8-2)22-25(5)26(6)29(33)14-9-3/h7,9,12,14,17-18,22,24,34H,8,10-11,13,15-16,19-21,23H2,1-6H3/b12-7+,14-9-. The van der Waals surface area contributed by atoms with Crippen LogP contribution in [0.4, 0.5) is 0 Å². The fraction of sp³-hybridized carbons (Fsp3) is 0.529. The van der Waals surface area contributed by atoms with Crippen LogP contribution in [0.2, 0.25) is 0 Å².